The largest absolute Gasteiger partial charge is 0.468 e. The number of ether oxygens (including phenoxy) is 12. The molecule has 0 saturated heterocycles. The lowest BCUT2D eigenvalue weighted by atomic mass is 9.66. The highest BCUT2D eigenvalue weighted by molar-refractivity contribution is 7.99. The molecule has 4 unspecified atom stereocenters. The van der Waals surface area contributed by atoms with Crippen molar-refractivity contribution in [3.8, 4) is 34.8 Å². The zero-order valence-corrected chi connectivity index (χ0v) is 50.5. The van der Waals surface area contributed by atoms with Gasteiger partial charge in [-0.3, -0.25) is 0 Å². The Labute approximate surface area is 474 Å². The van der Waals surface area contributed by atoms with Crippen LogP contribution in [-0.4, -0.2) is 152 Å². The van der Waals surface area contributed by atoms with Gasteiger partial charge in [0.1, 0.15) is 29.6 Å². The number of thioether (sulfide) groups is 2. The minimum Gasteiger partial charge on any atom is -0.468 e. The average Bonchev–Trinajstić information content (AvgIpc) is 3.62. The van der Waals surface area contributed by atoms with E-state index in [4.69, 9.17) is 66.4 Å². The molecule has 6 rings (SSSR count). The second-order valence-corrected chi connectivity index (χ2v) is 27.7. The molecule has 0 amide bonds. The van der Waals surface area contributed by atoms with Crippen LogP contribution in [0.1, 0.15) is 75.6 Å². The van der Waals surface area contributed by atoms with E-state index in [9.17, 15) is 5.11 Å². The maximum absolute atomic E-state index is 12.4. The van der Waals surface area contributed by atoms with Crippen LogP contribution in [0.5, 0.6) is 23.0 Å². The van der Waals surface area contributed by atoms with Crippen molar-refractivity contribution in [2.24, 2.45) is 0 Å². The summed E-state index contributed by atoms with van der Waals surface area (Å²) in [6.45, 7) is 20.6. The molecule has 432 valence electrons. The van der Waals surface area contributed by atoms with Gasteiger partial charge in [0.15, 0.2) is 41.1 Å². The van der Waals surface area contributed by atoms with Crippen molar-refractivity contribution in [1.29, 1.82) is 0 Å². The summed E-state index contributed by atoms with van der Waals surface area (Å²) in [7, 11) is 4.64. The van der Waals surface area contributed by atoms with Gasteiger partial charge in [0.25, 0.3) is 0 Å². The van der Waals surface area contributed by atoms with Gasteiger partial charge in [-0.1, -0.05) is 82.9 Å². The molecule has 0 radical (unpaired) electrons. The molecule has 2 heterocycles. The third kappa shape index (κ3) is 18.3. The van der Waals surface area contributed by atoms with Crippen molar-refractivity contribution in [1.82, 2.24) is 0 Å². The van der Waals surface area contributed by atoms with E-state index in [0.717, 1.165) is 46.1 Å². The molecular formula is C60H86O15S2Si. The maximum Gasteiger partial charge on any atom is 0.192 e. The number of aliphatic hydroxyl groups is 2. The van der Waals surface area contributed by atoms with Crippen molar-refractivity contribution in [2.75, 3.05) is 133 Å². The van der Waals surface area contributed by atoms with E-state index >= 15 is 0 Å². The Morgan fingerprint density at radius 1 is 0.590 bits per heavy atom. The van der Waals surface area contributed by atoms with Gasteiger partial charge in [-0.05, 0) is 102 Å². The lowest BCUT2D eigenvalue weighted by molar-refractivity contribution is 0.0221. The van der Waals surface area contributed by atoms with E-state index in [1.165, 1.54) is 16.0 Å². The topological polar surface area (TPSA) is 160 Å². The van der Waals surface area contributed by atoms with E-state index in [2.05, 4.69) is 76.9 Å². The average molecular weight is 1140 g/mol. The summed E-state index contributed by atoms with van der Waals surface area (Å²) in [5, 5.41) is 21.4. The van der Waals surface area contributed by atoms with Crippen LogP contribution < -0.4 is 18.9 Å². The summed E-state index contributed by atoms with van der Waals surface area (Å²) in [4.78, 5) is 2.18. The number of methoxy groups -OCH3 is 4. The quantitative estimate of drug-likeness (QED) is 0.0212. The molecule has 18 heteroatoms. The van der Waals surface area contributed by atoms with E-state index in [0.29, 0.717) is 76.0 Å². The number of fused-ring (bicyclic) bond motifs is 2. The predicted octanol–water partition coefficient (Wildman–Crippen LogP) is 10.6. The number of benzene rings is 4. The Kier molecular flexibility index (Phi) is 27.1. The second-order valence-electron chi connectivity index (χ2n) is 20.9. The molecule has 2 aliphatic heterocycles. The molecule has 0 spiro atoms. The third-order valence-corrected chi connectivity index (χ3v) is 21.7. The van der Waals surface area contributed by atoms with Gasteiger partial charge in [0.2, 0.25) is 0 Å². The summed E-state index contributed by atoms with van der Waals surface area (Å²) in [6.07, 6.45) is 1.95. The molecule has 0 bridgehead atoms. The number of rotatable bonds is 31. The SMILES string of the molecule is COCOc1ccc(C2(C)CSc3cc(OCOC)ccc3C2(O)C#CCOCCOCCO[Si](C)(C)C(C)(C)C)cc1.COCOc1ccc(C2(C)CSc3cc(OCOC)ccc3C2CCCOCCOCCO)cc1. The Morgan fingerprint density at radius 3 is 1.65 bits per heavy atom. The summed E-state index contributed by atoms with van der Waals surface area (Å²) in [5.74, 6) is 11.2. The lowest BCUT2D eigenvalue weighted by Gasteiger charge is -2.46. The van der Waals surface area contributed by atoms with Crippen molar-refractivity contribution >= 4 is 31.8 Å². The van der Waals surface area contributed by atoms with Crippen molar-refractivity contribution in [3.05, 3.63) is 107 Å². The first-order valence-electron chi connectivity index (χ1n) is 26.5. The minimum atomic E-state index is -1.77. The molecular weight excluding hydrogens is 1050 g/mol. The van der Waals surface area contributed by atoms with Crippen molar-refractivity contribution in [3.63, 3.8) is 0 Å². The van der Waals surface area contributed by atoms with E-state index in [1.54, 1.807) is 40.2 Å². The highest BCUT2D eigenvalue weighted by atomic mass is 32.2. The van der Waals surface area contributed by atoms with E-state index < -0.39 is 19.3 Å². The van der Waals surface area contributed by atoms with Gasteiger partial charge >= 0.3 is 0 Å². The van der Waals surface area contributed by atoms with Crippen LogP contribution in [0.25, 0.3) is 0 Å². The Hall–Kier alpha value is -3.88. The fourth-order valence-corrected chi connectivity index (χ4v) is 12.6. The van der Waals surface area contributed by atoms with Crippen LogP contribution in [0, 0.1) is 11.8 Å². The van der Waals surface area contributed by atoms with Crippen molar-refractivity contribution < 1.29 is 71.5 Å². The molecule has 0 aliphatic carbocycles. The summed E-state index contributed by atoms with van der Waals surface area (Å²) >= 11 is 3.54. The lowest BCUT2D eigenvalue weighted by Crippen LogP contribution is -2.50. The van der Waals surface area contributed by atoms with Crippen LogP contribution in [-0.2, 0) is 58.8 Å². The third-order valence-electron chi connectivity index (χ3n) is 14.4. The zero-order valence-electron chi connectivity index (χ0n) is 47.9. The van der Waals surface area contributed by atoms with Crippen molar-refractivity contribution in [2.45, 2.75) is 97.7 Å². The monoisotopic (exact) mass is 1140 g/mol. The first-order chi connectivity index (χ1) is 37.5. The number of hydrogen-bond acceptors (Lipinski definition) is 17. The fraction of sp³-hybridized carbons (Fsp3) is 0.567. The van der Waals surface area contributed by atoms with Gasteiger partial charge in [-0.2, -0.15) is 0 Å². The maximum atomic E-state index is 12.4. The predicted molar refractivity (Wildman–Crippen MR) is 309 cm³/mol. The fourth-order valence-electron chi connectivity index (χ4n) is 8.79. The summed E-state index contributed by atoms with van der Waals surface area (Å²) < 4.78 is 71.3. The highest BCUT2D eigenvalue weighted by Crippen LogP contribution is 2.54. The first-order valence-corrected chi connectivity index (χ1v) is 31.4. The number of aliphatic hydroxyl groups excluding tert-OH is 1. The van der Waals surface area contributed by atoms with Gasteiger partial charge in [-0.15, -0.1) is 23.5 Å². The van der Waals surface area contributed by atoms with Crippen LogP contribution in [0.3, 0.4) is 0 Å². The first kappa shape index (κ1) is 64.9. The highest BCUT2D eigenvalue weighted by Gasteiger charge is 2.52. The normalized spacial score (nSPS) is 19.8. The Balaban J connectivity index is 0.000000293. The Morgan fingerprint density at radius 2 is 1.08 bits per heavy atom. The van der Waals surface area contributed by atoms with Gasteiger partial charge in [-0.25, -0.2) is 0 Å². The standard InChI is InChI=1S/C33H48O8SSi.C27H38O7S/c1-31(2,3)43(7,8)41-21-20-38-19-18-37-17-9-16-33(34)29-15-14-28(40-25-36-6)22-30(29)42-23-32(33,4)26-10-12-27(13-11-26)39-24-35-5;1-27(21-6-8-22(9-7-21)33-19-29-2)18-35-26-17-23(34-20-30-3)10-11-24(26)25(27)5-4-13-31-15-16-32-14-12-28/h10-15,22,34H,17-21,23-25H2,1-8H3;6-11,17,25,28H,4-5,12-16,18-20H2,1-3H3. The molecule has 2 aliphatic rings. The molecule has 0 saturated carbocycles. The molecule has 0 aromatic heterocycles. The second kappa shape index (κ2) is 32.5. The van der Waals surface area contributed by atoms with Gasteiger partial charge < -0.3 is 71.5 Å². The molecule has 2 N–H and O–H groups in total. The summed E-state index contributed by atoms with van der Waals surface area (Å²) in [6, 6.07) is 28.1. The number of hydrogen-bond donors (Lipinski definition) is 2. The van der Waals surface area contributed by atoms with Crippen LogP contribution in [0.15, 0.2) is 94.7 Å². The Bertz CT molecular complexity index is 2430. The smallest absolute Gasteiger partial charge is 0.192 e. The molecule has 4 atom stereocenters. The van der Waals surface area contributed by atoms with Crippen LogP contribution in [0.2, 0.25) is 18.1 Å². The van der Waals surface area contributed by atoms with Crippen LogP contribution >= 0.6 is 23.5 Å². The van der Waals surface area contributed by atoms with Crippen LogP contribution in [0.4, 0.5) is 0 Å². The molecule has 15 nitrogen and oxygen atoms in total. The molecule has 4 aromatic carbocycles. The molecule has 4 aromatic rings. The van der Waals surface area contributed by atoms with Gasteiger partial charge in [0.05, 0.1) is 52.9 Å². The van der Waals surface area contributed by atoms with E-state index in [1.807, 2.05) is 79.3 Å². The van der Waals surface area contributed by atoms with E-state index in [-0.39, 0.29) is 50.8 Å². The molecule has 0 fully saturated rings. The van der Waals surface area contributed by atoms with Gasteiger partial charge in [0, 0.05) is 72.7 Å². The minimum absolute atomic E-state index is 0.0371. The summed E-state index contributed by atoms with van der Waals surface area (Å²) in [5.41, 5.74) is 2.07. The zero-order chi connectivity index (χ0) is 56.5. The molecule has 78 heavy (non-hydrogen) atoms.